The number of furan rings is 1. The number of rotatable bonds is 6. The van der Waals surface area contributed by atoms with E-state index in [-0.39, 0.29) is 11.2 Å². The van der Waals surface area contributed by atoms with Crippen molar-refractivity contribution in [2.45, 2.75) is 78.6 Å². The molecule has 116 valence electrons. The third kappa shape index (κ3) is 3.14. The Hall–Kier alpha value is -1.31. The standard InChI is InChI=1S/C19H28O2/c1-6-7-8-9-19(11-13(2)14(3)12-19)18-10-17(15(4)20)16(5)21-18/h10H,6-9,11-12H2,1-5H3. The third-order valence-electron chi connectivity index (χ3n) is 5.01. The van der Waals surface area contributed by atoms with Gasteiger partial charge in [-0.2, -0.15) is 0 Å². The van der Waals surface area contributed by atoms with Crippen LogP contribution in [0.5, 0.6) is 0 Å². The van der Waals surface area contributed by atoms with Crippen molar-refractivity contribution in [3.8, 4) is 0 Å². The lowest BCUT2D eigenvalue weighted by Gasteiger charge is -2.27. The minimum absolute atomic E-state index is 0.0851. The highest BCUT2D eigenvalue weighted by Gasteiger charge is 2.40. The summed E-state index contributed by atoms with van der Waals surface area (Å²) in [5.41, 5.74) is 3.82. The fraction of sp³-hybridized carbons (Fsp3) is 0.632. The molecule has 1 aliphatic carbocycles. The number of hydrogen-bond donors (Lipinski definition) is 0. The second-order valence-electron chi connectivity index (χ2n) is 6.79. The maximum atomic E-state index is 11.7. The number of carbonyl (C=O) groups is 1. The molecule has 0 unspecified atom stereocenters. The van der Waals surface area contributed by atoms with Crippen molar-refractivity contribution >= 4 is 5.78 Å². The number of aryl methyl sites for hydroxylation is 1. The lowest BCUT2D eigenvalue weighted by atomic mass is 9.76. The van der Waals surface area contributed by atoms with Crippen molar-refractivity contribution in [2.75, 3.05) is 0 Å². The van der Waals surface area contributed by atoms with E-state index < -0.39 is 0 Å². The summed E-state index contributed by atoms with van der Waals surface area (Å²) in [5, 5.41) is 0. The van der Waals surface area contributed by atoms with Crippen LogP contribution in [0.3, 0.4) is 0 Å². The Morgan fingerprint density at radius 1 is 1.19 bits per heavy atom. The van der Waals surface area contributed by atoms with Gasteiger partial charge in [0.05, 0.1) is 5.56 Å². The van der Waals surface area contributed by atoms with Gasteiger partial charge in [-0.15, -0.1) is 0 Å². The summed E-state index contributed by atoms with van der Waals surface area (Å²) in [5.74, 6) is 1.90. The van der Waals surface area contributed by atoms with Gasteiger partial charge in [0.1, 0.15) is 11.5 Å². The molecule has 0 aromatic carbocycles. The maximum absolute atomic E-state index is 11.7. The topological polar surface area (TPSA) is 30.2 Å². The molecule has 0 aliphatic heterocycles. The van der Waals surface area contributed by atoms with Crippen LogP contribution in [0, 0.1) is 6.92 Å². The normalized spacial score (nSPS) is 17.6. The first-order valence-corrected chi connectivity index (χ1v) is 8.16. The van der Waals surface area contributed by atoms with Gasteiger partial charge in [-0.1, -0.05) is 37.3 Å². The van der Waals surface area contributed by atoms with Gasteiger partial charge in [0, 0.05) is 5.41 Å². The van der Waals surface area contributed by atoms with Crippen molar-refractivity contribution in [2.24, 2.45) is 0 Å². The van der Waals surface area contributed by atoms with Crippen molar-refractivity contribution in [3.05, 3.63) is 34.3 Å². The molecule has 0 atom stereocenters. The van der Waals surface area contributed by atoms with Crippen LogP contribution >= 0.6 is 0 Å². The van der Waals surface area contributed by atoms with E-state index in [0.717, 1.165) is 36.3 Å². The predicted octanol–water partition coefficient (Wildman–Crippen LogP) is 5.74. The van der Waals surface area contributed by atoms with Gasteiger partial charge in [0.2, 0.25) is 0 Å². The molecule has 1 aliphatic rings. The zero-order valence-electron chi connectivity index (χ0n) is 14.1. The third-order valence-corrected chi connectivity index (χ3v) is 5.01. The van der Waals surface area contributed by atoms with E-state index in [9.17, 15) is 4.79 Å². The molecule has 2 rings (SSSR count). The van der Waals surface area contributed by atoms with Crippen LogP contribution in [0.4, 0.5) is 0 Å². The van der Waals surface area contributed by atoms with Crippen molar-refractivity contribution in [1.29, 1.82) is 0 Å². The Morgan fingerprint density at radius 2 is 1.81 bits per heavy atom. The highest BCUT2D eigenvalue weighted by atomic mass is 16.3. The largest absolute Gasteiger partial charge is 0.465 e. The first-order chi connectivity index (χ1) is 9.89. The number of ketones is 1. The minimum Gasteiger partial charge on any atom is -0.465 e. The molecular formula is C19H28O2. The maximum Gasteiger partial charge on any atom is 0.163 e. The second kappa shape index (κ2) is 6.21. The molecule has 0 saturated heterocycles. The summed E-state index contributed by atoms with van der Waals surface area (Å²) in [7, 11) is 0. The lowest BCUT2D eigenvalue weighted by molar-refractivity contribution is 0.101. The molecule has 0 bridgehead atoms. The summed E-state index contributed by atoms with van der Waals surface area (Å²) >= 11 is 0. The molecular weight excluding hydrogens is 260 g/mol. The predicted molar refractivity (Wildman–Crippen MR) is 86.9 cm³/mol. The highest BCUT2D eigenvalue weighted by Crippen LogP contribution is 2.48. The number of allylic oxidation sites excluding steroid dienone is 2. The molecule has 1 aromatic rings. The summed E-state index contributed by atoms with van der Waals surface area (Å²) in [6, 6.07) is 2.01. The van der Waals surface area contributed by atoms with Crippen LogP contribution in [0.1, 0.15) is 88.1 Å². The van der Waals surface area contributed by atoms with E-state index in [0.29, 0.717) is 0 Å². The van der Waals surface area contributed by atoms with Crippen molar-refractivity contribution < 1.29 is 9.21 Å². The smallest absolute Gasteiger partial charge is 0.163 e. The first-order valence-electron chi connectivity index (χ1n) is 8.16. The summed E-state index contributed by atoms with van der Waals surface area (Å²) < 4.78 is 6.04. The van der Waals surface area contributed by atoms with Crippen LogP contribution < -0.4 is 0 Å². The number of Topliss-reactive ketones (excluding diaryl/α,β-unsaturated/α-hetero) is 1. The fourth-order valence-corrected chi connectivity index (χ4v) is 3.66. The Bertz CT molecular complexity index is 546. The van der Waals surface area contributed by atoms with Gasteiger partial charge in [-0.25, -0.2) is 0 Å². The van der Waals surface area contributed by atoms with Crippen LogP contribution in [0.25, 0.3) is 0 Å². The molecule has 2 nitrogen and oxygen atoms in total. The van der Waals surface area contributed by atoms with E-state index in [1.54, 1.807) is 6.92 Å². The zero-order chi connectivity index (χ0) is 15.6. The monoisotopic (exact) mass is 288 g/mol. The number of carbonyl (C=O) groups excluding carboxylic acids is 1. The molecule has 0 spiro atoms. The summed E-state index contributed by atoms with van der Waals surface area (Å²) in [6.07, 6.45) is 7.03. The average Bonchev–Trinajstić information content (AvgIpc) is 2.93. The number of hydrogen-bond acceptors (Lipinski definition) is 2. The molecule has 1 aromatic heterocycles. The molecule has 1 heterocycles. The Morgan fingerprint density at radius 3 is 2.29 bits per heavy atom. The molecule has 0 fully saturated rings. The quantitative estimate of drug-likeness (QED) is 0.379. The zero-order valence-corrected chi connectivity index (χ0v) is 14.1. The molecule has 0 saturated carbocycles. The molecule has 0 radical (unpaired) electrons. The SMILES string of the molecule is CCCCCC1(c2cc(C(C)=O)c(C)o2)CC(C)=C(C)C1. The number of unbranched alkanes of at least 4 members (excludes halogenated alkanes) is 2. The second-order valence-corrected chi connectivity index (χ2v) is 6.79. The Kier molecular flexibility index (Phi) is 4.75. The Labute approximate surface area is 128 Å². The van der Waals surface area contributed by atoms with Gasteiger partial charge < -0.3 is 4.42 Å². The fourth-order valence-electron chi connectivity index (χ4n) is 3.66. The first kappa shape index (κ1) is 16.1. The van der Waals surface area contributed by atoms with Crippen molar-refractivity contribution in [3.63, 3.8) is 0 Å². The van der Waals surface area contributed by atoms with Gasteiger partial charge in [-0.3, -0.25) is 4.79 Å². The van der Waals surface area contributed by atoms with Gasteiger partial charge in [-0.05, 0) is 53.0 Å². The highest BCUT2D eigenvalue weighted by molar-refractivity contribution is 5.95. The average molecular weight is 288 g/mol. The van der Waals surface area contributed by atoms with E-state index in [1.807, 2.05) is 13.0 Å². The van der Waals surface area contributed by atoms with E-state index >= 15 is 0 Å². The Balaban J connectivity index is 2.32. The van der Waals surface area contributed by atoms with Crippen LogP contribution in [0.2, 0.25) is 0 Å². The van der Waals surface area contributed by atoms with E-state index in [1.165, 1.54) is 30.4 Å². The molecule has 21 heavy (non-hydrogen) atoms. The van der Waals surface area contributed by atoms with Crippen LogP contribution in [-0.2, 0) is 5.41 Å². The van der Waals surface area contributed by atoms with Crippen LogP contribution in [-0.4, -0.2) is 5.78 Å². The summed E-state index contributed by atoms with van der Waals surface area (Å²) in [6.45, 7) is 10.2. The summed E-state index contributed by atoms with van der Waals surface area (Å²) in [4.78, 5) is 11.7. The van der Waals surface area contributed by atoms with Crippen molar-refractivity contribution in [1.82, 2.24) is 0 Å². The van der Waals surface area contributed by atoms with E-state index in [4.69, 9.17) is 4.42 Å². The van der Waals surface area contributed by atoms with E-state index in [2.05, 4.69) is 20.8 Å². The van der Waals surface area contributed by atoms with Gasteiger partial charge >= 0.3 is 0 Å². The van der Waals surface area contributed by atoms with Gasteiger partial charge in [0.15, 0.2) is 5.78 Å². The molecule has 2 heteroatoms. The molecule has 0 N–H and O–H groups in total. The van der Waals surface area contributed by atoms with Gasteiger partial charge in [0.25, 0.3) is 0 Å². The van der Waals surface area contributed by atoms with Crippen LogP contribution in [0.15, 0.2) is 21.6 Å². The minimum atomic E-state index is 0.0851. The lowest BCUT2D eigenvalue weighted by Crippen LogP contribution is -2.22. The molecule has 0 amide bonds.